The molecule has 1 aromatic heterocycles. The number of hydrogen-bond acceptors (Lipinski definition) is 3. The summed E-state index contributed by atoms with van der Waals surface area (Å²) < 4.78 is 15.1. The zero-order valence-corrected chi connectivity index (χ0v) is 13.5. The number of nitrogens with zero attached hydrogens (tertiary/aromatic N) is 3. The van der Waals surface area contributed by atoms with Crippen LogP contribution >= 0.6 is 0 Å². The van der Waals surface area contributed by atoms with E-state index in [0.29, 0.717) is 17.9 Å². The number of rotatable bonds is 4. The van der Waals surface area contributed by atoms with Crippen LogP contribution in [-0.4, -0.2) is 45.5 Å². The lowest BCUT2D eigenvalue weighted by molar-refractivity contribution is 0.116. The van der Waals surface area contributed by atoms with Gasteiger partial charge in [0.05, 0.1) is 24.2 Å². The van der Waals surface area contributed by atoms with Crippen molar-refractivity contribution in [2.24, 2.45) is 5.92 Å². The van der Waals surface area contributed by atoms with E-state index in [1.165, 1.54) is 16.9 Å². The molecule has 128 valence electrons. The van der Waals surface area contributed by atoms with E-state index in [2.05, 4.69) is 10.4 Å². The van der Waals surface area contributed by atoms with Crippen molar-refractivity contribution in [3.8, 4) is 5.69 Å². The number of para-hydroxylation sites is 1. The molecule has 2 amide bonds. The molecule has 1 heterocycles. The Morgan fingerprint density at radius 1 is 1.46 bits per heavy atom. The summed E-state index contributed by atoms with van der Waals surface area (Å²) in [5.41, 5.74) is 0.808. The first-order valence-corrected chi connectivity index (χ1v) is 8.04. The van der Waals surface area contributed by atoms with Crippen LogP contribution in [0.2, 0.25) is 0 Å². The second kappa shape index (κ2) is 7.00. The lowest BCUT2D eigenvalue weighted by Gasteiger charge is -2.23. The van der Waals surface area contributed by atoms with Crippen molar-refractivity contribution < 1.29 is 14.3 Å². The van der Waals surface area contributed by atoms with Crippen LogP contribution in [0.25, 0.3) is 5.69 Å². The molecule has 0 bridgehead atoms. The van der Waals surface area contributed by atoms with Crippen LogP contribution in [0.4, 0.5) is 14.9 Å². The molecule has 2 unspecified atom stereocenters. The number of anilines is 1. The van der Waals surface area contributed by atoms with Crippen molar-refractivity contribution >= 4 is 11.7 Å². The van der Waals surface area contributed by atoms with Crippen molar-refractivity contribution in [1.82, 2.24) is 14.7 Å². The minimum atomic E-state index is -0.384. The van der Waals surface area contributed by atoms with Gasteiger partial charge in [0.25, 0.3) is 0 Å². The quantitative estimate of drug-likeness (QED) is 0.904. The summed E-state index contributed by atoms with van der Waals surface area (Å²) >= 11 is 0. The Bertz CT molecular complexity index is 718. The molecule has 3 rings (SSSR count). The first-order chi connectivity index (χ1) is 11.5. The van der Waals surface area contributed by atoms with Gasteiger partial charge in [0, 0.05) is 19.5 Å². The molecule has 6 nitrogen and oxygen atoms in total. The number of carbonyl (C=O) groups excluding carboxylic acids is 1. The summed E-state index contributed by atoms with van der Waals surface area (Å²) in [5, 5.41) is 16.7. The fraction of sp³-hybridized carbons (Fsp3) is 0.412. The SMILES string of the molecule is CN(CC1CCCC1O)C(=O)Nc1cnn(-c2ccccc2F)c1. The van der Waals surface area contributed by atoms with Gasteiger partial charge in [-0.05, 0) is 25.0 Å². The van der Waals surface area contributed by atoms with Gasteiger partial charge < -0.3 is 15.3 Å². The number of aliphatic hydroxyl groups excluding tert-OH is 1. The minimum Gasteiger partial charge on any atom is -0.393 e. The van der Waals surface area contributed by atoms with Crippen LogP contribution in [0.15, 0.2) is 36.7 Å². The molecule has 2 aromatic rings. The van der Waals surface area contributed by atoms with Gasteiger partial charge in [-0.1, -0.05) is 18.6 Å². The van der Waals surface area contributed by atoms with Crippen LogP contribution in [0.1, 0.15) is 19.3 Å². The second-order valence-corrected chi connectivity index (χ2v) is 6.19. The molecule has 24 heavy (non-hydrogen) atoms. The van der Waals surface area contributed by atoms with Crippen LogP contribution in [0, 0.1) is 11.7 Å². The fourth-order valence-corrected chi connectivity index (χ4v) is 3.04. The van der Waals surface area contributed by atoms with Crippen molar-refractivity contribution in [2.45, 2.75) is 25.4 Å². The molecule has 0 radical (unpaired) electrons. The summed E-state index contributed by atoms with van der Waals surface area (Å²) in [6, 6.07) is 6.02. The van der Waals surface area contributed by atoms with E-state index in [1.807, 2.05) is 0 Å². The zero-order valence-electron chi connectivity index (χ0n) is 13.5. The topological polar surface area (TPSA) is 70.4 Å². The van der Waals surface area contributed by atoms with E-state index >= 15 is 0 Å². The molecule has 0 saturated heterocycles. The second-order valence-electron chi connectivity index (χ2n) is 6.19. The standard InChI is InChI=1S/C17H21FN4O2/c1-21(10-12-5-4-8-16(12)23)17(24)20-13-9-19-22(11-13)15-7-3-2-6-14(15)18/h2-3,6-7,9,11-12,16,23H,4-5,8,10H2,1H3,(H,20,24). The number of aromatic nitrogens is 2. The highest BCUT2D eigenvalue weighted by Gasteiger charge is 2.27. The summed E-state index contributed by atoms with van der Waals surface area (Å²) in [4.78, 5) is 13.8. The van der Waals surface area contributed by atoms with Crippen LogP contribution in [0.3, 0.4) is 0 Å². The Balaban J connectivity index is 1.62. The molecule has 2 atom stereocenters. The van der Waals surface area contributed by atoms with Crippen LogP contribution in [0.5, 0.6) is 0 Å². The third-order valence-electron chi connectivity index (χ3n) is 4.41. The van der Waals surface area contributed by atoms with E-state index in [4.69, 9.17) is 0 Å². The van der Waals surface area contributed by atoms with Crippen LogP contribution in [-0.2, 0) is 0 Å². The van der Waals surface area contributed by atoms with Gasteiger partial charge in [-0.2, -0.15) is 5.10 Å². The molecule has 0 aliphatic heterocycles. The minimum absolute atomic E-state index is 0.127. The molecular formula is C17H21FN4O2. The Labute approximate surface area is 139 Å². The fourth-order valence-electron chi connectivity index (χ4n) is 3.04. The number of amides is 2. The van der Waals surface area contributed by atoms with Gasteiger partial charge in [0.15, 0.2) is 0 Å². The maximum absolute atomic E-state index is 13.8. The predicted octanol–water partition coefficient (Wildman–Crippen LogP) is 2.64. The lowest BCUT2D eigenvalue weighted by Crippen LogP contribution is -2.37. The van der Waals surface area contributed by atoms with E-state index in [-0.39, 0.29) is 23.9 Å². The van der Waals surface area contributed by atoms with E-state index < -0.39 is 0 Å². The summed E-state index contributed by atoms with van der Waals surface area (Å²) in [6.07, 6.45) is 5.44. The van der Waals surface area contributed by atoms with Gasteiger partial charge in [0.1, 0.15) is 11.5 Å². The normalized spacial score (nSPS) is 20.1. The van der Waals surface area contributed by atoms with Crippen molar-refractivity contribution in [1.29, 1.82) is 0 Å². The number of aliphatic hydroxyl groups is 1. The number of halogens is 1. The number of hydrogen-bond donors (Lipinski definition) is 2. The third kappa shape index (κ3) is 3.56. The molecule has 1 saturated carbocycles. The van der Waals surface area contributed by atoms with Crippen molar-refractivity contribution in [3.05, 3.63) is 42.5 Å². The van der Waals surface area contributed by atoms with Crippen molar-refractivity contribution in [2.75, 3.05) is 18.9 Å². The zero-order chi connectivity index (χ0) is 17.1. The lowest BCUT2D eigenvalue weighted by atomic mass is 10.1. The first-order valence-electron chi connectivity index (χ1n) is 8.04. The molecule has 1 aliphatic carbocycles. The van der Waals surface area contributed by atoms with Gasteiger partial charge in [-0.15, -0.1) is 0 Å². The van der Waals surface area contributed by atoms with Gasteiger partial charge in [-0.3, -0.25) is 0 Å². The molecule has 2 N–H and O–H groups in total. The largest absolute Gasteiger partial charge is 0.393 e. The van der Waals surface area contributed by atoms with E-state index in [1.54, 1.807) is 36.3 Å². The Morgan fingerprint density at radius 2 is 2.25 bits per heavy atom. The van der Waals surface area contributed by atoms with Crippen molar-refractivity contribution in [3.63, 3.8) is 0 Å². The highest BCUT2D eigenvalue weighted by atomic mass is 19.1. The maximum atomic E-state index is 13.8. The molecule has 7 heteroatoms. The van der Waals surface area contributed by atoms with Gasteiger partial charge in [-0.25, -0.2) is 13.9 Å². The summed E-state index contributed by atoms with van der Waals surface area (Å²) in [5.74, 6) is -0.257. The molecule has 1 aliphatic rings. The van der Waals surface area contributed by atoms with Gasteiger partial charge >= 0.3 is 6.03 Å². The maximum Gasteiger partial charge on any atom is 0.321 e. The average molecular weight is 332 g/mol. The molecule has 1 fully saturated rings. The Kier molecular flexibility index (Phi) is 4.80. The first kappa shape index (κ1) is 16.4. The number of nitrogens with one attached hydrogen (secondary N) is 1. The smallest absolute Gasteiger partial charge is 0.321 e. The van der Waals surface area contributed by atoms with Crippen LogP contribution < -0.4 is 5.32 Å². The Hall–Kier alpha value is -2.41. The highest BCUT2D eigenvalue weighted by molar-refractivity contribution is 5.88. The number of carbonyl (C=O) groups is 1. The molecule has 1 aromatic carbocycles. The molecular weight excluding hydrogens is 311 g/mol. The highest BCUT2D eigenvalue weighted by Crippen LogP contribution is 2.26. The van der Waals surface area contributed by atoms with E-state index in [0.717, 1.165) is 19.3 Å². The van der Waals surface area contributed by atoms with E-state index in [9.17, 15) is 14.3 Å². The summed E-state index contributed by atoms with van der Waals surface area (Å²) in [6.45, 7) is 0.508. The number of urea groups is 1. The Morgan fingerprint density at radius 3 is 2.96 bits per heavy atom. The van der Waals surface area contributed by atoms with Gasteiger partial charge in [0.2, 0.25) is 0 Å². The average Bonchev–Trinajstić information content (AvgIpc) is 3.17. The predicted molar refractivity (Wildman–Crippen MR) is 88.5 cm³/mol. The number of benzene rings is 1. The summed E-state index contributed by atoms with van der Waals surface area (Å²) in [7, 11) is 1.70. The molecule has 0 spiro atoms. The monoisotopic (exact) mass is 332 g/mol. The third-order valence-corrected chi connectivity index (χ3v) is 4.41.